The number of para-hydroxylation sites is 2. The van der Waals surface area contributed by atoms with Gasteiger partial charge < -0.3 is 14.4 Å². The number of aliphatic hydroxyl groups excluding tert-OH is 1. The molecule has 0 radical (unpaired) electrons. The fourth-order valence-corrected chi connectivity index (χ4v) is 3.31. The Morgan fingerprint density at radius 1 is 1.07 bits per heavy atom. The first-order chi connectivity index (χ1) is 13.6. The number of terminal acetylenes is 1. The lowest BCUT2D eigenvalue weighted by molar-refractivity contribution is -0.146. The van der Waals surface area contributed by atoms with Gasteiger partial charge in [-0.05, 0) is 37.1 Å². The van der Waals surface area contributed by atoms with Crippen molar-refractivity contribution < 1.29 is 14.6 Å². The summed E-state index contributed by atoms with van der Waals surface area (Å²) in [5.74, 6) is 1.99. The standard InChI is InChI=1S/C23H23NO4/c1-2-9-17(25)16-28-22(26)14-7-8-15-24-20-12-5-3-10-18(20)23(27)19-11-4-6-13-21(19)24/h1,3-6,10-13,17,25H,7-9,14-16H2. The normalized spacial score (nSPS) is 12.0. The monoisotopic (exact) mass is 377 g/mol. The zero-order valence-corrected chi connectivity index (χ0v) is 15.6. The van der Waals surface area contributed by atoms with E-state index in [0.29, 0.717) is 23.7 Å². The van der Waals surface area contributed by atoms with E-state index in [1.54, 1.807) is 0 Å². The predicted octanol–water partition coefficient (Wildman–Crippen LogP) is 3.25. The number of pyridine rings is 1. The smallest absolute Gasteiger partial charge is 0.305 e. The van der Waals surface area contributed by atoms with Crippen LogP contribution in [0, 0.1) is 12.3 Å². The summed E-state index contributed by atoms with van der Waals surface area (Å²) in [6, 6.07) is 15.2. The zero-order chi connectivity index (χ0) is 19.9. The molecule has 1 unspecified atom stereocenters. The van der Waals surface area contributed by atoms with Gasteiger partial charge in [-0.2, -0.15) is 0 Å². The summed E-state index contributed by atoms with van der Waals surface area (Å²) >= 11 is 0. The van der Waals surface area contributed by atoms with Gasteiger partial charge in [-0.3, -0.25) is 9.59 Å². The minimum absolute atomic E-state index is 0.0385. The van der Waals surface area contributed by atoms with Gasteiger partial charge in [0, 0.05) is 30.2 Å². The molecule has 5 nitrogen and oxygen atoms in total. The molecule has 2 aromatic carbocycles. The van der Waals surface area contributed by atoms with Crippen LogP contribution in [0.15, 0.2) is 53.3 Å². The molecule has 0 saturated heterocycles. The van der Waals surface area contributed by atoms with E-state index in [0.717, 1.165) is 17.5 Å². The Labute approximate surface area is 163 Å². The highest BCUT2D eigenvalue weighted by atomic mass is 16.5. The predicted molar refractivity (Wildman–Crippen MR) is 110 cm³/mol. The summed E-state index contributed by atoms with van der Waals surface area (Å²) in [7, 11) is 0. The maximum absolute atomic E-state index is 12.7. The van der Waals surface area contributed by atoms with Crippen LogP contribution in [0.1, 0.15) is 25.7 Å². The first kappa shape index (κ1) is 19.7. The van der Waals surface area contributed by atoms with Crippen molar-refractivity contribution in [3.05, 3.63) is 58.8 Å². The van der Waals surface area contributed by atoms with E-state index in [4.69, 9.17) is 11.2 Å². The van der Waals surface area contributed by atoms with Crippen LogP contribution in [0.4, 0.5) is 0 Å². The summed E-state index contributed by atoms with van der Waals surface area (Å²) in [5, 5.41) is 10.9. The third kappa shape index (κ3) is 4.41. The van der Waals surface area contributed by atoms with Crippen molar-refractivity contribution in [2.45, 2.75) is 38.3 Å². The third-order valence-electron chi connectivity index (χ3n) is 4.68. The lowest BCUT2D eigenvalue weighted by Crippen LogP contribution is -2.18. The SMILES string of the molecule is C#CCC(O)COC(=O)CCCCn1c2ccccc2c(=O)c2ccccc21. The molecule has 0 aliphatic carbocycles. The molecule has 1 N–H and O–H groups in total. The number of fused-ring (bicyclic) bond motifs is 2. The number of hydrogen-bond acceptors (Lipinski definition) is 4. The van der Waals surface area contributed by atoms with Gasteiger partial charge in [0.2, 0.25) is 0 Å². The molecule has 0 spiro atoms. The Morgan fingerprint density at radius 3 is 2.29 bits per heavy atom. The molecule has 0 aliphatic heterocycles. The molecule has 3 aromatic rings. The van der Waals surface area contributed by atoms with Gasteiger partial charge in [0.25, 0.3) is 0 Å². The van der Waals surface area contributed by atoms with Gasteiger partial charge in [-0.15, -0.1) is 12.3 Å². The van der Waals surface area contributed by atoms with Crippen molar-refractivity contribution >= 4 is 27.8 Å². The summed E-state index contributed by atoms with van der Waals surface area (Å²) in [4.78, 5) is 24.5. The summed E-state index contributed by atoms with van der Waals surface area (Å²) in [6.45, 7) is 0.617. The van der Waals surface area contributed by atoms with E-state index in [2.05, 4.69) is 10.5 Å². The van der Waals surface area contributed by atoms with Crippen LogP contribution < -0.4 is 5.43 Å². The molecular formula is C23H23NO4. The molecule has 1 aromatic heterocycles. The average Bonchev–Trinajstić information content (AvgIpc) is 2.72. The van der Waals surface area contributed by atoms with E-state index in [1.165, 1.54) is 0 Å². The molecule has 3 rings (SSSR count). The second-order valence-electron chi connectivity index (χ2n) is 6.72. The Kier molecular flexibility index (Phi) is 6.46. The van der Waals surface area contributed by atoms with Crippen molar-refractivity contribution in [3.63, 3.8) is 0 Å². The molecule has 28 heavy (non-hydrogen) atoms. The molecule has 0 saturated carbocycles. The largest absolute Gasteiger partial charge is 0.463 e. The highest BCUT2D eigenvalue weighted by Gasteiger charge is 2.11. The minimum atomic E-state index is -0.812. The molecule has 1 heterocycles. The lowest BCUT2D eigenvalue weighted by Gasteiger charge is -2.15. The number of aliphatic hydroxyl groups is 1. The number of aryl methyl sites for hydroxylation is 1. The number of rotatable bonds is 8. The fraction of sp³-hybridized carbons (Fsp3) is 0.304. The number of carbonyl (C=O) groups excluding carboxylic acids is 1. The van der Waals surface area contributed by atoms with Crippen LogP contribution in [0.25, 0.3) is 21.8 Å². The minimum Gasteiger partial charge on any atom is -0.463 e. The molecular weight excluding hydrogens is 354 g/mol. The topological polar surface area (TPSA) is 68.5 Å². The second-order valence-corrected chi connectivity index (χ2v) is 6.72. The third-order valence-corrected chi connectivity index (χ3v) is 4.68. The van der Waals surface area contributed by atoms with E-state index in [-0.39, 0.29) is 30.8 Å². The summed E-state index contributed by atoms with van der Waals surface area (Å²) in [5.41, 5.74) is 1.83. The maximum atomic E-state index is 12.7. The van der Waals surface area contributed by atoms with E-state index < -0.39 is 6.10 Å². The van der Waals surface area contributed by atoms with Gasteiger partial charge in [0.1, 0.15) is 6.61 Å². The van der Waals surface area contributed by atoms with Gasteiger partial charge in [0.15, 0.2) is 5.43 Å². The first-order valence-electron chi connectivity index (χ1n) is 9.39. The number of esters is 1. The van der Waals surface area contributed by atoms with Crippen molar-refractivity contribution in [3.8, 4) is 12.3 Å². The van der Waals surface area contributed by atoms with Crippen LogP contribution in [0.3, 0.4) is 0 Å². The molecule has 144 valence electrons. The number of unbranched alkanes of at least 4 members (excludes halogenated alkanes) is 1. The van der Waals surface area contributed by atoms with Crippen molar-refractivity contribution in [2.24, 2.45) is 0 Å². The Morgan fingerprint density at radius 2 is 1.68 bits per heavy atom. The number of aromatic nitrogens is 1. The summed E-state index contributed by atoms with van der Waals surface area (Å²) in [6.07, 6.45) is 6.15. The van der Waals surface area contributed by atoms with Crippen molar-refractivity contribution in [1.82, 2.24) is 4.57 Å². The van der Waals surface area contributed by atoms with Gasteiger partial charge >= 0.3 is 5.97 Å². The van der Waals surface area contributed by atoms with Crippen LogP contribution in [-0.4, -0.2) is 28.4 Å². The molecule has 0 amide bonds. The van der Waals surface area contributed by atoms with Crippen LogP contribution >= 0.6 is 0 Å². The highest BCUT2D eigenvalue weighted by Crippen LogP contribution is 2.20. The quantitative estimate of drug-likeness (QED) is 0.283. The first-order valence-corrected chi connectivity index (χ1v) is 9.39. The van der Waals surface area contributed by atoms with Gasteiger partial charge in [-0.25, -0.2) is 0 Å². The van der Waals surface area contributed by atoms with E-state index >= 15 is 0 Å². The van der Waals surface area contributed by atoms with E-state index in [9.17, 15) is 14.7 Å². The number of ether oxygens (including phenoxy) is 1. The van der Waals surface area contributed by atoms with E-state index in [1.807, 2.05) is 48.5 Å². The van der Waals surface area contributed by atoms with Gasteiger partial charge in [0.05, 0.1) is 17.1 Å². The Bertz CT molecular complexity index is 1020. The Hall–Kier alpha value is -3.10. The molecule has 0 aliphatic rings. The number of carbonyl (C=O) groups is 1. The highest BCUT2D eigenvalue weighted by molar-refractivity contribution is 5.93. The number of hydrogen-bond donors (Lipinski definition) is 1. The van der Waals surface area contributed by atoms with Crippen LogP contribution in [-0.2, 0) is 16.1 Å². The van der Waals surface area contributed by atoms with Crippen molar-refractivity contribution in [1.29, 1.82) is 0 Å². The summed E-state index contributed by atoms with van der Waals surface area (Å²) < 4.78 is 7.17. The van der Waals surface area contributed by atoms with Crippen LogP contribution in [0.2, 0.25) is 0 Å². The molecule has 0 bridgehead atoms. The zero-order valence-electron chi connectivity index (χ0n) is 15.6. The maximum Gasteiger partial charge on any atom is 0.305 e. The lowest BCUT2D eigenvalue weighted by atomic mass is 10.1. The molecule has 5 heteroatoms. The van der Waals surface area contributed by atoms with Crippen molar-refractivity contribution in [2.75, 3.05) is 6.61 Å². The van der Waals surface area contributed by atoms with Gasteiger partial charge in [-0.1, -0.05) is 24.3 Å². The average molecular weight is 377 g/mol. The number of benzene rings is 2. The Balaban J connectivity index is 1.68. The fourth-order valence-electron chi connectivity index (χ4n) is 3.31. The number of nitrogens with zero attached hydrogens (tertiary/aromatic N) is 1. The molecule has 0 fully saturated rings. The molecule has 1 atom stereocenters. The second kappa shape index (κ2) is 9.20. The van der Waals surface area contributed by atoms with Crippen LogP contribution in [0.5, 0.6) is 0 Å².